The molecular weight excluding hydrogens is 278 g/mol. The first-order valence-corrected chi connectivity index (χ1v) is 7.83. The zero-order chi connectivity index (χ0) is 14.9. The molecule has 114 valence electrons. The van der Waals surface area contributed by atoms with Gasteiger partial charge in [0.2, 0.25) is 0 Å². The van der Waals surface area contributed by atoms with Gasteiger partial charge in [0.05, 0.1) is 0 Å². The number of ether oxygens (including phenoxy) is 1. The molecule has 2 fully saturated rings. The minimum atomic E-state index is 0.0556. The Balaban J connectivity index is 1.37. The van der Waals surface area contributed by atoms with Crippen LogP contribution in [0.4, 0.5) is 0 Å². The summed E-state index contributed by atoms with van der Waals surface area (Å²) in [5, 5.41) is 10.3. The lowest BCUT2D eigenvalue weighted by atomic mass is 10.1. The summed E-state index contributed by atoms with van der Waals surface area (Å²) in [5.74, 6) is 1.50. The Labute approximate surface area is 129 Å². The van der Waals surface area contributed by atoms with Gasteiger partial charge in [-0.05, 0) is 36.6 Å². The number of hydrogen-bond donors (Lipinski definition) is 2. The number of rotatable bonds is 6. The highest BCUT2D eigenvalue weighted by molar-refractivity contribution is 5.95. The van der Waals surface area contributed by atoms with Crippen LogP contribution in [0.15, 0.2) is 30.3 Å². The summed E-state index contributed by atoms with van der Waals surface area (Å²) in [6.45, 7) is 1.81. The van der Waals surface area contributed by atoms with E-state index in [0.717, 1.165) is 30.1 Å². The van der Waals surface area contributed by atoms with Crippen molar-refractivity contribution in [1.82, 2.24) is 15.5 Å². The van der Waals surface area contributed by atoms with Gasteiger partial charge in [-0.25, -0.2) is 0 Å². The number of aromatic nitrogens is 2. The number of hydrogen-bond acceptors (Lipinski definition) is 4. The van der Waals surface area contributed by atoms with E-state index in [1.54, 1.807) is 0 Å². The lowest BCUT2D eigenvalue weighted by Crippen LogP contribution is -2.50. The first kappa shape index (κ1) is 13.5. The van der Waals surface area contributed by atoms with Gasteiger partial charge in [-0.1, -0.05) is 12.1 Å². The zero-order valence-corrected chi connectivity index (χ0v) is 12.3. The number of carbonyl (C=O) groups excluding carboxylic acids is 1. The molecule has 0 amide bonds. The number of carbonyl (C=O) groups is 1. The van der Waals surface area contributed by atoms with Crippen LogP contribution in [0.5, 0.6) is 5.75 Å². The molecule has 22 heavy (non-hydrogen) atoms. The smallest absolute Gasteiger partial charge is 0.187 e. The molecule has 0 atom stereocenters. The first-order valence-electron chi connectivity index (χ1n) is 7.83. The Morgan fingerprint density at radius 1 is 1.23 bits per heavy atom. The van der Waals surface area contributed by atoms with Crippen LogP contribution >= 0.6 is 0 Å². The van der Waals surface area contributed by atoms with Crippen molar-refractivity contribution in [3.05, 3.63) is 47.3 Å². The number of nitrogens with zero attached hydrogens (tertiary/aromatic N) is 1. The summed E-state index contributed by atoms with van der Waals surface area (Å²) in [7, 11) is 0. The molecular formula is C17H19N3O2. The third kappa shape index (κ3) is 2.90. The molecule has 0 spiro atoms. The summed E-state index contributed by atoms with van der Waals surface area (Å²) < 4.78 is 5.77. The summed E-state index contributed by atoms with van der Waals surface area (Å²) in [5.41, 5.74) is 2.63. The third-order valence-corrected chi connectivity index (χ3v) is 4.24. The Bertz CT molecular complexity index is 669. The first-order chi connectivity index (χ1) is 10.8. The average molecular weight is 297 g/mol. The van der Waals surface area contributed by atoms with Crippen molar-refractivity contribution in [2.24, 2.45) is 0 Å². The topological polar surface area (TPSA) is 67.0 Å². The molecule has 5 heteroatoms. The number of benzene rings is 1. The van der Waals surface area contributed by atoms with E-state index in [1.165, 1.54) is 12.8 Å². The monoisotopic (exact) mass is 297 g/mol. The maximum absolute atomic E-state index is 12.3. The van der Waals surface area contributed by atoms with Crippen molar-refractivity contribution in [2.75, 3.05) is 13.1 Å². The van der Waals surface area contributed by atoms with E-state index in [4.69, 9.17) is 4.74 Å². The SMILES string of the molecule is O=C(Cc1ccc(OC2CNC2)cc1)c1cc(C2CC2)[nH]n1. The molecule has 2 N–H and O–H groups in total. The molecule has 1 aromatic carbocycles. The Hall–Kier alpha value is -2.14. The Morgan fingerprint density at radius 2 is 2.00 bits per heavy atom. The summed E-state index contributed by atoms with van der Waals surface area (Å²) in [4.78, 5) is 12.3. The summed E-state index contributed by atoms with van der Waals surface area (Å²) in [6.07, 6.45) is 3.05. The number of aromatic amines is 1. The van der Waals surface area contributed by atoms with E-state index < -0.39 is 0 Å². The molecule has 1 saturated heterocycles. The van der Waals surface area contributed by atoms with E-state index >= 15 is 0 Å². The number of ketones is 1. The second-order valence-electron chi connectivity index (χ2n) is 6.12. The lowest BCUT2D eigenvalue weighted by Gasteiger charge is -2.27. The van der Waals surface area contributed by atoms with Gasteiger partial charge >= 0.3 is 0 Å². The highest BCUT2D eigenvalue weighted by atomic mass is 16.5. The van der Waals surface area contributed by atoms with Gasteiger partial charge in [0.25, 0.3) is 0 Å². The molecule has 5 nitrogen and oxygen atoms in total. The highest BCUT2D eigenvalue weighted by Crippen LogP contribution is 2.39. The van der Waals surface area contributed by atoms with Crippen molar-refractivity contribution < 1.29 is 9.53 Å². The van der Waals surface area contributed by atoms with E-state index in [2.05, 4.69) is 15.5 Å². The molecule has 2 heterocycles. The fourth-order valence-electron chi connectivity index (χ4n) is 2.58. The fourth-order valence-corrected chi connectivity index (χ4v) is 2.58. The van der Waals surface area contributed by atoms with Crippen LogP contribution < -0.4 is 10.1 Å². The van der Waals surface area contributed by atoms with E-state index in [0.29, 0.717) is 18.0 Å². The van der Waals surface area contributed by atoms with E-state index in [-0.39, 0.29) is 11.9 Å². The van der Waals surface area contributed by atoms with Gasteiger partial charge in [0.15, 0.2) is 5.78 Å². The standard InChI is InChI=1S/C17H19N3O2/c21-17(16-8-15(19-20-16)12-3-4-12)7-11-1-5-13(6-2-11)22-14-9-18-10-14/h1-2,5-6,8,12,14,18H,3-4,7,9-10H2,(H,19,20). The van der Waals surface area contributed by atoms with Crippen LogP contribution in [-0.2, 0) is 6.42 Å². The third-order valence-electron chi connectivity index (χ3n) is 4.24. The molecule has 2 aliphatic rings. The number of Topliss-reactive ketones (excluding diaryl/α,β-unsaturated/α-hetero) is 1. The quantitative estimate of drug-likeness (QED) is 0.801. The molecule has 0 unspecified atom stereocenters. The van der Waals surface area contributed by atoms with Crippen molar-refractivity contribution in [1.29, 1.82) is 0 Å². The van der Waals surface area contributed by atoms with Gasteiger partial charge < -0.3 is 10.1 Å². The van der Waals surface area contributed by atoms with Gasteiger partial charge in [-0.2, -0.15) is 5.10 Å². The molecule has 0 radical (unpaired) electrons. The van der Waals surface area contributed by atoms with Crippen LogP contribution in [0.25, 0.3) is 0 Å². The van der Waals surface area contributed by atoms with Gasteiger partial charge in [0.1, 0.15) is 17.5 Å². The fraction of sp³-hybridized carbons (Fsp3) is 0.412. The van der Waals surface area contributed by atoms with Gasteiger partial charge in [-0.3, -0.25) is 9.89 Å². The minimum Gasteiger partial charge on any atom is -0.488 e. The van der Waals surface area contributed by atoms with Crippen LogP contribution in [0.2, 0.25) is 0 Å². The van der Waals surface area contributed by atoms with Crippen molar-refractivity contribution in [3.8, 4) is 5.75 Å². The molecule has 0 bridgehead atoms. The molecule has 1 saturated carbocycles. The normalized spacial score (nSPS) is 18.0. The van der Waals surface area contributed by atoms with Crippen molar-refractivity contribution in [3.63, 3.8) is 0 Å². The average Bonchev–Trinajstić information content (AvgIpc) is 3.22. The van der Waals surface area contributed by atoms with Crippen LogP contribution in [0.3, 0.4) is 0 Å². The van der Waals surface area contributed by atoms with E-state index in [9.17, 15) is 4.79 Å². The molecule has 1 aliphatic heterocycles. The number of nitrogens with one attached hydrogen (secondary N) is 2. The van der Waals surface area contributed by atoms with Gasteiger partial charge in [-0.15, -0.1) is 0 Å². The Kier molecular flexibility index (Phi) is 3.42. The van der Waals surface area contributed by atoms with Gasteiger partial charge in [0, 0.05) is 31.1 Å². The predicted octanol–water partition coefficient (Wildman–Crippen LogP) is 2.06. The summed E-state index contributed by atoms with van der Waals surface area (Å²) in [6, 6.07) is 9.67. The number of H-pyrrole nitrogens is 1. The maximum atomic E-state index is 12.3. The Morgan fingerprint density at radius 3 is 2.64 bits per heavy atom. The van der Waals surface area contributed by atoms with Crippen LogP contribution in [0, 0.1) is 0 Å². The summed E-state index contributed by atoms with van der Waals surface area (Å²) >= 11 is 0. The largest absolute Gasteiger partial charge is 0.488 e. The molecule has 1 aliphatic carbocycles. The van der Waals surface area contributed by atoms with Crippen molar-refractivity contribution in [2.45, 2.75) is 31.3 Å². The zero-order valence-electron chi connectivity index (χ0n) is 12.3. The van der Waals surface area contributed by atoms with Crippen LogP contribution in [-0.4, -0.2) is 35.2 Å². The second-order valence-corrected chi connectivity index (χ2v) is 6.12. The van der Waals surface area contributed by atoms with E-state index in [1.807, 2.05) is 30.3 Å². The molecule has 1 aromatic heterocycles. The molecule has 2 aromatic rings. The molecule has 4 rings (SSSR count). The second kappa shape index (κ2) is 5.57. The van der Waals surface area contributed by atoms with Crippen LogP contribution in [0.1, 0.15) is 40.5 Å². The highest BCUT2D eigenvalue weighted by Gasteiger charge is 2.26. The van der Waals surface area contributed by atoms with Crippen molar-refractivity contribution >= 4 is 5.78 Å². The predicted molar refractivity (Wildman–Crippen MR) is 82.3 cm³/mol. The maximum Gasteiger partial charge on any atom is 0.187 e. The lowest BCUT2D eigenvalue weighted by molar-refractivity contribution is 0.0988. The minimum absolute atomic E-state index is 0.0556.